The van der Waals surface area contributed by atoms with E-state index >= 15 is 0 Å². The van der Waals surface area contributed by atoms with E-state index in [4.69, 9.17) is 0 Å². The van der Waals surface area contributed by atoms with Crippen molar-refractivity contribution in [1.82, 2.24) is 10.3 Å². The van der Waals surface area contributed by atoms with E-state index in [9.17, 15) is 4.79 Å². The second-order valence-corrected chi connectivity index (χ2v) is 7.16. The smallest absolute Gasteiger partial charge is 0.271 e. The lowest BCUT2D eigenvalue weighted by Gasteiger charge is -2.29. The van der Waals surface area contributed by atoms with E-state index in [2.05, 4.69) is 17.2 Å². The molecule has 1 amide bonds. The van der Waals surface area contributed by atoms with Crippen LogP contribution in [-0.2, 0) is 0 Å². The first-order valence-corrected chi connectivity index (χ1v) is 8.80. The number of hydrogen-bond donors (Lipinski definition) is 1. The van der Waals surface area contributed by atoms with Crippen LogP contribution in [0.5, 0.6) is 0 Å². The molecule has 5 heteroatoms. The first-order valence-electron chi connectivity index (χ1n) is 7.04. The topological polar surface area (TPSA) is 42.0 Å². The maximum Gasteiger partial charge on any atom is 0.271 e. The van der Waals surface area contributed by atoms with Crippen LogP contribution in [0.1, 0.15) is 43.1 Å². The molecular weight excluding hydrogens is 288 g/mol. The van der Waals surface area contributed by atoms with E-state index in [0.717, 1.165) is 16.3 Å². The molecule has 1 N–H and O–H groups in total. The molecule has 2 heterocycles. The molecule has 1 aliphatic rings. The van der Waals surface area contributed by atoms with Crippen LogP contribution in [0.15, 0.2) is 22.9 Å². The number of nitrogens with one attached hydrogen (secondary N) is 1. The number of aromatic nitrogens is 1. The maximum atomic E-state index is 12.3. The summed E-state index contributed by atoms with van der Waals surface area (Å²) in [6.07, 6.45) is 4.80. The van der Waals surface area contributed by atoms with Crippen molar-refractivity contribution >= 4 is 28.6 Å². The number of thiazole rings is 1. The number of hydrogen-bond acceptors (Lipinski definition) is 4. The van der Waals surface area contributed by atoms with E-state index in [-0.39, 0.29) is 5.91 Å². The highest BCUT2D eigenvalue weighted by Crippen LogP contribution is 2.28. The molecule has 2 aromatic heterocycles. The van der Waals surface area contributed by atoms with E-state index < -0.39 is 0 Å². The van der Waals surface area contributed by atoms with Crippen LogP contribution in [0.25, 0.3) is 9.88 Å². The minimum Gasteiger partial charge on any atom is -0.348 e. The van der Waals surface area contributed by atoms with Crippen LogP contribution in [0.2, 0.25) is 0 Å². The predicted octanol–water partition coefficient (Wildman–Crippen LogP) is 4.18. The maximum absolute atomic E-state index is 12.3. The Hall–Kier alpha value is -1.20. The van der Waals surface area contributed by atoms with Crippen molar-refractivity contribution in [2.75, 3.05) is 0 Å². The Morgan fingerprint density at radius 1 is 1.35 bits per heavy atom. The quantitative estimate of drug-likeness (QED) is 0.924. The molecule has 1 fully saturated rings. The van der Waals surface area contributed by atoms with Gasteiger partial charge in [-0.25, -0.2) is 4.98 Å². The van der Waals surface area contributed by atoms with E-state index in [1.165, 1.54) is 30.6 Å². The van der Waals surface area contributed by atoms with Crippen molar-refractivity contribution in [3.05, 3.63) is 28.6 Å². The summed E-state index contributed by atoms with van der Waals surface area (Å²) in [7, 11) is 0. The molecule has 3 rings (SSSR count). The van der Waals surface area contributed by atoms with Crippen LogP contribution >= 0.6 is 22.7 Å². The zero-order chi connectivity index (χ0) is 13.9. The normalized spacial score (nSPS) is 22.6. The Bertz CT molecular complexity index is 576. The second-order valence-electron chi connectivity index (χ2n) is 5.36. The molecule has 0 radical (unpaired) electrons. The minimum atomic E-state index is -0.0252. The van der Waals surface area contributed by atoms with Crippen molar-refractivity contribution in [3.8, 4) is 9.88 Å². The minimum absolute atomic E-state index is 0.0252. The van der Waals surface area contributed by atoms with E-state index in [1.807, 2.05) is 22.9 Å². The highest BCUT2D eigenvalue weighted by molar-refractivity contribution is 7.20. The molecule has 3 nitrogen and oxygen atoms in total. The number of carbonyl (C=O) groups excluding carboxylic acids is 1. The standard InChI is InChI=1S/C15H18N2OS2/c1-10-5-2-3-6-11(10)16-14(18)12-9-20-15(17-12)13-7-4-8-19-13/h4,7-11H,2-3,5-6H2,1H3,(H,16,18). The summed E-state index contributed by atoms with van der Waals surface area (Å²) in [5.41, 5.74) is 0.552. The second kappa shape index (κ2) is 6.06. The van der Waals surface area contributed by atoms with Gasteiger partial charge in [0, 0.05) is 11.4 Å². The van der Waals surface area contributed by atoms with Gasteiger partial charge in [-0.15, -0.1) is 22.7 Å². The van der Waals surface area contributed by atoms with Crippen molar-refractivity contribution in [1.29, 1.82) is 0 Å². The van der Waals surface area contributed by atoms with Crippen molar-refractivity contribution in [2.45, 2.75) is 38.6 Å². The predicted molar refractivity (Wildman–Crippen MR) is 84.3 cm³/mol. The number of carbonyl (C=O) groups is 1. The van der Waals surface area contributed by atoms with Crippen molar-refractivity contribution in [3.63, 3.8) is 0 Å². The molecule has 0 spiro atoms. The van der Waals surface area contributed by atoms with Crippen LogP contribution in [-0.4, -0.2) is 16.9 Å². The van der Waals surface area contributed by atoms with Crippen LogP contribution in [0.4, 0.5) is 0 Å². The molecule has 2 atom stereocenters. The third kappa shape index (κ3) is 2.94. The lowest BCUT2D eigenvalue weighted by atomic mass is 9.86. The summed E-state index contributed by atoms with van der Waals surface area (Å²) >= 11 is 3.19. The van der Waals surface area contributed by atoms with Gasteiger partial charge >= 0.3 is 0 Å². The first-order chi connectivity index (χ1) is 9.74. The van der Waals surface area contributed by atoms with Crippen LogP contribution < -0.4 is 5.32 Å². The molecule has 2 aromatic rings. The van der Waals surface area contributed by atoms with Gasteiger partial charge in [0.15, 0.2) is 0 Å². The van der Waals surface area contributed by atoms with Gasteiger partial charge in [-0.05, 0) is 30.2 Å². The highest BCUT2D eigenvalue weighted by Gasteiger charge is 2.24. The summed E-state index contributed by atoms with van der Waals surface area (Å²) in [5, 5.41) is 7.97. The van der Waals surface area contributed by atoms with Gasteiger partial charge in [0.25, 0.3) is 5.91 Å². The summed E-state index contributed by atoms with van der Waals surface area (Å²) in [6.45, 7) is 2.22. The summed E-state index contributed by atoms with van der Waals surface area (Å²) in [4.78, 5) is 17.9. The van der Waals surface area contributed by atoms with Crippen LogP contribution in [0.3, 0.4) is 0 Å². The molecule has 0 saturated heterocycles. The monoisotopic (exact) mass is 306 g/mol. The zero-order valence-electron chi connectivity index (χ0n) is 11.5. The molecular formula is C15H18N2OS2. The number of rotatable bonds is 3. The fourth-order valence-electron chi connectivity index (χ4n) is 2.66. The van der Waals surface area contributed by atoms with Gasteiger partial charge in [0.2, 0.25) is 0 Å². The molecule has 1 saturated carbocycles. The lowest BCUT2D eigenvalue weighted by molar-refractivity contribution is 0.0906. The molecule has 1 aliphatic carbocycles. The van der Waals surface area contributed by atoms with Gasteiger partial charge in [-0.1, -0.05) is 25.8 Å². The van der Waals surface area contributed by atoms with Gasteiger partial charge in [0.05, 0.1) is 4.88 Å². The van der Waals surface area contributed by atoms with E-state index in [1.54, 1.807) is 11.3 Å². The average molecular weight is 306 g/mol. The van der Waals surface area contributed by atoms with Gasteiger partial charge in [0.1, 0.15) is 10.7 Å². The fourth-order valence-corrected chi connectivity index (χ4v) is 4.28. The average Bonchev–Trinajstić information content (AvgIpc) is 3.11. The van der Waals surface area contributed by atoms with Gasteiger partial charge in [-0.2, -0.15) is 0 Å². The molecule has 20 heavy (non-hydrogen) atoms. The third-order valence-electron chi connectivity index (χ3n) is 3.90. The van der Waals surface area contributed by atoms with Gasteiger partial charge in [-0.3, -0.25) is 4.79 Å². The number of thiophene rings is 1. The number of amides is 1. The molecule has 0 aliphatic heterocycles. The zero-order valence-corrected chi connectivity index (χ0v) is 13.1. The molecule has 2 unspecified atom stereocenters. The van der Waals surface area contributed by atoms with Crippen molar-refractivity contribution in [2.24, 2.45) is 5.92 Å². The fraction of sp³-hybridized carbons (Fsp3) is 0.467. The Morgan fingerprint density at radius 2 is 2.20 bits per heavy atom. The third-order valence-corrected chi connectivity index (χ3v) is 5.78. The Kier molecular flexibility index (Phi) is 4.17. The van der Waals surface area contributed by atoms with Gasteiger partial charge < -0.3 is 5.32 Å². The molecule has 106 valence electrons. The molecule has 0 aromatic carbocycles. The molecule has 0 bridgehead atoms. The summed E-state index contributed by atoms with van der Waals surface area (Å²) < 4.78 is 0. The van der Waals surface area contributed by atoms with Crippen molar-refractivity contribution < 1.29 is 4.79 Å². The Labute approximate surface area is 127 Å². The Morgan fingerprint density at radius 3 is 2.95 bits per heavy atom. The Balaban J connectivity index is 1.68. The summed E-state index contributed by atoms with van der Waals surface area (Å²) in [6, 6.07) is 4.35. The number of nitrogens with zero attached hydrogens (tertiary/aromatic N) is 1. The SMILES string of the molecule is CC1CCCCC1NC(=O)c1csc(-c2cccs2)n1. The summed E-state index contributed by atoms with van der Waals surface area (Å²) in [5.74, 6) is 0.547. The largest absolute Gasteiger partial charge is 0.348 e. The lowest BCUT2D eigenvalue weighted by Crippen LogP contribution is -2.41. The van der Waals surface area contributed by atoms with E-state index in [0.29, 0.717) is 17.7 Å². The highest BCUT2D eigenvalue weighted by atomic mass is 32.1. The van der Waals surface area contributed by atoms with Crippen LogP contribution in [0, 0.1) is 5.92 Å². The first kappa shape index (κ1) is 13.8.